The van der Waals surface area contributed by atoms with Crippen molar-refractivity contribution >= 4 is 5.91 Å². The van der Waals surface area contributed by atoms with E-state index in [1.807, 2.05) is 24.3 Å². The summed E-state index contributed by atoms with van der Waals surface area (Å²) in [5.41, 5.74) is 2.50. The molecule has 29 heavy (non-hydrogen) atoms. The van der Waals surface area contributed by atoms with Crippen LogP contribution >= 0.6 is 0 Å². The van der Waals surface area contributed by atoms with Gasteiger partial charge in [0.1, 0.15) is 11.5 Å². The van der Waals surface area contributed by atoms with Crippen molar-refractivity contribution in [1.82, 2.24) is 10.2 Å². The summed E-state index contributed by atoms with van der Waals surface area (Å²) in [6.07, 6.45) is 3.81. The number of nitrogens with one attached hydrogen (secondary N) is 1. The Hall–Kier alpha value is -2.53. The van der Waals surface area contributed by atoms with Gasteiger partial charge in [-0.15, -0.1) is 0 Å². The highest BCUT2D eigenvalue weighted by molar-refractivity contribution is 5.76. The molecule has 0 spiro atoms. The third-order valence-corrected chi connectivity index (χ3v) is 6.30. The lowest BCUT2D eigenvalue weighted by molar-refractivity contribution is -0.122. The van der Waals surface area contributed by atoms with Gasteiger partial charge in [-0.3, -0.25) is 9.69 Å². The lowest BCUT2D eigenvalue weighted by atomic mass is 9.88. The molecule has 0 radical (unpaired) electrons. The summed E-state index contributed by atoms with van der Waals surface area (Å²) in [6.45, 7) is 1.80. The molecule has 3 atom stereocenters. The molecule has 0 saturated carbocycles. The fourth-order valence-electron chi connectivity index (χ4n) is 4.79. The van der Waals surface area contributed by atoms with Crippen molar-refractivity contribution in [2.24, 2.45) is 0 Å². The molecule has 2 aliphatic rings. The van der Waals surface area contributed by atoms with E-state index >= 15 is 0 Å². The van der Waals surface area contributed by atoms with Crippen LogP contribution in [0.5, 0.6) is 11.5 Å². The van der Waals surface area contributed by atoms with Crippen molar-refractivity contribution in [1.29, 1.82) is 0 Å². The molecule has 2 fully saturated rings. The summed E-state index contributed by atoms with van der Waals surface area (Å²) < 4.78 is 10.7. The Labute approximate surface area is 173 Å². The van der Waals surface area contributed by atoms with Crippen LogP contribution in [0, 0.1) is 0 Å². The number of nitrogens with zero attached hydrogens (tertiary/aromatic N) is 1. The van der Waals surface area contributed by atoms with Gasteiger partial charge in [-0.05, 0) is 48.2 Å². The van der Waals surface area contributed by atoms with Gasteiger partial charge in [0, 0.05) is 31.5 Å². The standard InChI is InChI=1S/C24H30N2O3/c1-28-19-12-10-17(11-13-19)15-26-16-21(18-6-5-7-20(14-18)29-2)24-22(26)8-3-4-9-23(27)25-24/h5-7,10-14,21-22,24H,3-4,8-9,15-16H2,1-2H3,(H,25,27)/t21-,22+,24-/m0/s1. The van der Waals surface area contributed by atoms with Crippen LogP contribution in [0.25, 0.3) is 0 Å². The van der Waals surface area contributed by atoms with Gasteiger partial charge in [0.05, 0.1) is 20.3 Å². The van der Waals surface area contributed by atoms with Gasteiger partial charge in [0.25, 0.3) is 0 Å². The normalized spacial score (nSPS) is 24.9. The topological polar surface area (TPSA) is 50.8 Å². The lowest BCUT2D eigenvalue weighted by Gasteiger charge is -2.31. The second-order valence-electron chi connectivity index (χ2n) is 8.07. The Morgan fingerprint density at radius 1 is 1.03 bits per heavy atom. The Kier molecular flexibility index (Phi) is 6.05. The van der Waals surface area contributed by atoms with Crippen LogP contribution in [0.3, 0.4) is 0 Å². The highest BCUT2D eigenvalue weighted by Crippen LogP contribution is 2.37. The van der Waals surface area contributed by atoms with Crippen LogP contribution in [0.4, 0.5) is 0 Å². The Balaban J connectivity index is 1.61. The molecule has 2 heterocycles. The summed E-state index contributed by atoms with van der Waals surface area (Å²) in [5, 5.41) is 3.36. The fourth-order valence-corrected chi connectivity index (χ4v) is 4.79. The Morgan fingerprint density at radius 3 is 2.59 bits per heavy atom. The van der Waals surface area contributed by atoms with Gasteiger partial charge >= 0.3 is 0 Å². The molecule has 5 heteroatoms. The first-order valence-electron chi connectivity index (χ1n) is 10.5. The predicted molar refractivity (Wildman–Crippen MR) is 113 cm³/mol. The minimum absolute atomic E-state index is 0.133. The van der Waals surface area contributed by atoms with Gasteiger partial charge in [-0.1, -0.05) is 30.7 Å². The number of benzene rings is 2. The van der Waals surface area contributed by atoms with Gasteiger partial charge in [0.2, 0.25) is 5.91 Å². The van der Waals surface area contributed by atoms with E-state index in [9.17, 15) is 4.79 Å². The maximum absolute atomic E-state index is 12.4. The summed E-state index contributed by atoms with van der Waals surface area (Å²) >= 11 is 0. The first-order chi connectivity index (χ1) is 14.2. The maximum Gasteiger partial charge on any atom is 0.220 e. The zero-order valence-electron chi connectivity index (χ0n) is 17.3. The molecule has 1 N–H and O–H groups in total. The van der Waals surface area contributed by atoms with E-state index in [0.29, 0.717) is 12.5 Å². The number of amides is 1. The number of rotatable bonds is 5. The molecule has 0 unspecified atom stereocenters. The van der Waals surface area contributed by atoms with E-state index in [1.165, 1.54) is 11.1 Å². The molecule has 0 aromatic heterocycles. The van der Waals surface area contributed by atoms with Crippen molar-refractivity contribution in [3.8, 4) is 11.5 Å². The Bertz CT molecular complexity index is 836. The molecule has 2 aromatic rings. The lowest BCUT2D eigenvalue weighted by Crippen LogP contribution is -2.47. The minimum atomic E-state index is 0.133. The third-order valence-electron chi connectivity index (χ3n) is 6.30. The van der Waals surface area contributed by atoms with E-state index in [0.717, 1.165) is 43.9 Å². The van der Waals surface area contributed by atoms with Gasteiger partial charge in [-0.2, -0.15) is 0 Å². The highest BCUT2D eigenvalue weighted by Gasteiger charge is 2.43. The number of hydrogen-bond donors (Lipinski definition) is 1. The zero-order chi connectivity index (χ0) is 20.2. The molecule has 5 nitrogen and oxygen atoms in total. The van der Waals surface area contributed by atoms with Crippen molar-refractivity contribution in [2.45, 2.75) is 50.2 Å². The second-order valence-corrected chi connectivity index (χ2v) is 8.07. The smallest absolute Gasteiger partial charge is 0.220 e. The molecule has 1 amide bonds. The number of hydrogen-bond acceptors (Lipinski definition) is 4. The SMILES string of the molecule is COc1ccc(CN2C[C@@H](c3cccc(OC)c3)[C@@H]3NC(=O)CCCC[C@H]32)cc1. The molecule has 154 valence electrons. The molecule has 0 aliphatic carbocycles. The molecule has 0 bridgehead atoms. The van der Waals surface area contributed by atoms with Gasteiger partial charge in [0.15, 0.2) is 0 Å². The Morgan fingerprint density at radius 2 is 1.83 bits per heavy atom. The number of likely N-dealkylation sites (tertiary alicyclic amines) is 1. The van der Waals surface area contributed by atoms with Crippen LogP contribution in [-0.2, 0) is 11.3 Å². The van der Waals surface area contributed by atoms with Gasteiger partial charge < -0.3 is 14.8 Å². The molecule has 2 saturated heterocycles. The molecular weight excluding hydrogens is 364 g/mol. The van der Waals surface area contributed by atoms with Crippen molar-refractivity contribution in [2.75, 3.05) is 20.8 Å². The van der Waals surface area contributed by atoms with E-state index in [2.05, 4.69) is 34.5 Å². The number of carbonyl (C=O) groups excluding carboxylic acids is 1. The first-order valence-corrected chi connectivity index (χ1v) is 10.5. The number of fused-ring (bicyclic) bond motifs is 1. The molecule has 4 rings (SSSR count). The van der Waals surface area contributed by atoms with E-state index in [4.69, 9.17) is 9.47 Å². The maximum atomic E-state index is 12.4. The van der Waals surface area contributed by atoms with E-state index < -0.39 is 0 Å². The van der Waals surface area contributed by atoms with Crippen molar-refractivity contribution in [3.63, 3.8) is 0 Å². The summed E-state index contributed by atoms with van der Waals surface area (Å²) in [7, 11) is 3.39. The summed E-state index contributed by atoms with van der Waals surface area (Å²) in [5.74, 6) is 2.18. The highest BCUT2D eigenvalue weighted by atomic mass is 16.5. The first kappa shape index (κ1) is 19.8. The monoisotopic (exact) mass is 394 g/mol. The van der Waals surface area contributed by atoms with E-state index in [-0.39, 0.29) is 17.9 Å². The number of methoxy groups -OCH3 is 2. The minimum Gasteiger partial charge on any atom is -0.497 e. The van der Waals surface area contributed by atoms with Crippen molar-refractivity contribution < 1.29 is 14.3 Å². The molecule has 2 aliphatic heterocycles. The van der Waals surface area contributed by atoms with Crippen LogP contribution in [0.15, 0.2) is 48.5 Å². The average molecular weight is 395 g/mol. The quantitative estimate of drug-likeness (QED) is 0.840. The van der Waals surface area contributed by atoms with Crippen LogP contribution < -0.4 is 14.8 Å². The van der Waals surface area contributed by atoms with Gasteiger partial charge in [-0.25, -0.2) is 0 Å². The largest absolute Gasteiger partial charge is 0.497 e. The average Bonchev–Trinajstić information content (AvgIpc) is 3.06. The molecular formula is C24H30N2O3. The second kappa shape index (κ2) is 8.87. The van der Waals surface area contributed by atoms with E-state index in [1.54, 1.807) is 14.2 Å². The number of ether oxygens (including phenoxy) is 2. The summed E-state index contributed by atoms with van der Waals surface area (Å²) in [6, 6.07) is 17.1. The van der Waals surface area contributed by atoms with Crippen LogP contribution in [-0.4, -0.2) is 43.7 Å². The van der Waals surface area contributed by atoms with Crippen LogP contribution in [0.1, 0.15) is 42.7 Å². The number of carbonyl (C=O) groups is 1. The summed E-state index contributed by atoms with van der Waals surface area (Å²) in [4.78, 5) is 15.0. The third kappa shape index (κ3) is 4.40. The predicted octanol–water partition coefficient (Wildman–Crippen LogP) is 3.73. The fraction of sp³-hybridized carbons (Fsp3) is 0.458. The molecule has 2 aromatic carbocycles. The van der Waals surface area contributed by atoms with Crippen LogP contribution in [0.2, 0.25) is 0 Å². The zero-order valence-corrected chi connectivity index (χ0v) is 17.3. The van der Waals surface area contributed by atoms with Crippen molar-refractivity contribution in [3.05, 3.63) is 59.7 Å².